The highest BCUT2D eigenvalue weighted by atomic mass is 16.2. The van der Waals surface area contributed by atoms with E-state index in [1.165, 1.54) is 0 Å². The minimum atomic E-state index is -0.905. The van der Waals surface area contributed by atoms with Crippen LogP contribution < -0.4 is 5.32 Å². The Morgan fingerprint density at radius 3 is 2.52 bits per heavy atom. The lowest BCUT2D eigenvalue weighted by Crippen LogP contribution is -2.52. The number of nitrogens with zero attached hydrogens (tertiary/aromatic N) is 3. The number of carbonyl (C=O) groups is 3. The summed E-state index contributed by atoms with van der Waals surface area (Å²) in [6.07, 6.45) is 3.65. The van der Waals surface area contributed by atoms with Crippen LogP contribution in [0.2, 0.25) is 0 Å². The van der Waals surface area contributed by atoms with E-state index in [9.17, 15) is 14.4 Å². The number of aromatic nitrogens is 1. The highest BCUT2D eigenvalue weighted by molar-refractivity contribution is 6.07. The van der Waals surface area contributed by atoms with Crippen LogP contribution in [0.25, 0.3) is 0 Å². The lowest BCUT2D eigenvalue weighted by molar-refractivity contribution is -0.146. The Hall–Kier alpha value is -2.44. The molecule has 0 aromatic carbocycles. The highest BCUT2D eigenvalue weighted by Crippen LogP contribution is 2.47. The Kier molecular flexibility index (Phi) is 4.27. The SMILES string of the molecule is O=CN1CCN(C(=O)C2(C(=O)NCc3ccccn3)CC2)CC1. The van der Waals surface area contributed by atoms with E-state index in [0.29, 0.717) is 45.6 Å². The van der Waals surface area contributed by atoms with Gasteiger partial charge in [-0.1, -0.05) is 6.07 Å². The van der Waals surface area contributed by atoms with Gasteiger partial charge in [-0.15, -0.1) is 0 Å². The number of nitrogens with one attached hydrogen (secondary N) is 1. The van der Waals surface area contributed by atoms with Crippen LogP contribution in [0.1, 0.15) is 18.5 Å². The fourth-order valence-corrected chi connectivity index (χ4v) is 2.84. The Morgan fingerprint density at radius 2 is 1.96 bits per heavy atom. The third-order valence-corrected chi connectivity index (χ3v) is 4.50. The molecule has 7 nitrogen and oxygen atoms in total. The van der Waals surface area contributed by atoms with Crippen LogP contribution in [0, 0.1) is 5.41 Å². The van der Waals surface area contributed by atoms with Gasteiger partial charge in [0.05, 0.1) is 12.2 Å². The van der Waals surface area contributed by atoms with Gasteiger partial charge in [0, 0.05) is 32.4 Å². The molecule has 0 bridgehead atoms. The van der Waals surface area contributed by atoms with Crippen molar-refractivity contribution < 1.29 is 14.4 Å². The second-order valence-electron chi connectivity index (χ2n) is 6.02. The van der Waals surface area contributed by atoms with Gasteiger partial charge in [-0.2, -0.15) is 0 Å². The summed E-state index contributed by atoms with van der Waals surface area (Å²) in [7, 11) is 0. The third-order valence-electron chi connectivity index (χ3n) is 4.50. The van der Waals surface area contributed by atoms with E-state index in [1.807, 2.05) is 18.2 Å². The molecule has 2 heterocycles. The van der Waals surface area contributed by atoms with E-state index >= 15 is 0 Å². The normalized spacial score (nSPS) is 19.1. The van der Waals surface area contributed by atoms with E-state index in [2.05, 4.69) is 10.3 Å². The Bertz CT molecular complexity index is 593. The predicted octanol–water partition coefficient (Wildman–Crippen LogP) is -0.221. The van der Waals surface area contributed by atoms with Crippen LogP contribution in [0.4, 0.5) is 0 Å². The maximum atomic E-state index is 12.7. The number of hydrogen-bond acceptors (Lipinski definition) is 4. The van der Waals surface area contributed by atoms with Gasteiger partial charge in [-0.25, -0.2) is 0 Å². The molecule has 0 spiro atoms. The summed E-state index contributed by atoms with van der Waals surface area (Å²) in [5.74, 6) is -0.326. The first-order valence-electron chi connectivity index (χ1n) is 7.83. The van der Waals surface area contributed by atoms with E-state index in [-0.39, 0.29) is 11.8 Å². The average molecular weight is 316 g/mol. The molecule has 23 heavy (non-hydrogen) atoms. The zero-order valence-corrected chi connectivity index (χ0v) is 12.9. The first kappa shape index (κ1) is 15.5. The summed E-state index contributed by atoms with van der Waals surface area (Å²) in [5, 5.41) is 2.83. The van der Waals surface area contributed by atoms with Gasteiger partial charge < -0.3 is 15.1 Å². The van der Waals surface area contributed by atoms with Crippen molar-refractivity contribution >= 4 is 18.2 Å². The monoisotopic (exact) mass is 316 g/mol. The fraction of sp³-hybridized carbons (Fsp3) is 0.500. The number of rotatable bonds is 5. The van der Waals surface area contributed by atoms with Gasteiger partial charge in [-0.3, -0.25) is 19.4 Å². The summed E-state index contributed by atoms with van der Waals surface area (Å²) < 4.78 is 0. The van der Waals surface area contributed by atoms with Crippen LogP contribution in [0.15, 0.2) is 24.4 Å². The van der Waals surface area contributed by atoms with Crippen molar-refractivity contribution in [3.05, 3.63) is 30.1 Å². The molecule has 122 valence electrons. The summed E-state index contributed by atoms with van der Waals surface area (Å²) >= 11 is 0. The summed E-state index contributed by atoms with van der Waals surface area (Å²) in [6.45, 7) is 2.37. The molecule has 1 N–H and O–H groups in total. The fourth-order valence-electron chi connectivity index (χ4n) is 2.84. The second kappa shape index (κ2) is 6.36. The second-order valence-corrected chi connectivity index (χ2v) is 6.02. The zero-order chi connectivity index (χ0) is 16.3. The zero-order valence-electron chi connectivity index (χ0n) is 12.9. The van der Waals surface area contributed by atoms with Crippen molar-refractivity contribution in [1.29, 1.82) is 0 Å². The van der Waals surface area contributed by atoms with Crippen LogP contribution in [-0.4, -0.2) is 59.2 Å². The largest absolute Gasteiger partial charge is 0.350 e. The Morgan fingerprint density at radius 1 is 1.22 bits per heavy atom. The number of pyridine rings is 1. The lowest BCUT2D eigenvalue weighted by atomic mass is 10.0. The van der Waals surface area contributed by atoms with Gasteiger partial charge in [-0.05, 0) is 25.0 Å². The van der Waals surface area contributed by atoms with Crippen molar-refractivity contribution in [2.24, 2.45) is 5.41 Å². The number of piperazine rings is 1. The molecule has 1 aromatic rings. The first-order chi connectivity index (χ1) is 11.2. The van der Waals surface area contributed by atoms with Crippen LogP contribution >= 0.6 is 0 Å². The lowest BCUT2D eigenvalue weighted by Gasteiger charge is -2.34. The molecule has 1 aliphatic heterocycles. The van der Waals surface area contributed by atoms with Crippen LogP contribution in [0.5, 0.6) is 0 Å². The molecule has 3 rings (SSSR count). The highest BCUT2D eigenvalue weighted by Gasteiger charge is 2.58. The molecular weight excluding hydrogens is 296 g/mol. The molecular formula is C16H20N4O3. The summed E-state index contributed by atoms with van der Waals surface area (Å²) in [4.78, 5) is 43.4. The summed E-state index contributed by atoms with van der Waals surface area (Å²) in [5.41, 5.74) is -0.137. The van der Waals surface area contributed by atoms with Crippen molar-refractivity contribution in [3.8, 4) is 0 Å². The van der Waals surface area contributed by atoms with Crippen molar-refractivity contribution in [1.82, 2.24) is 20.1 Å². The molecule has 0 atom stereocenters. The van der Waals surface area contributed by atoms with Gasteiger partial charge >= 0.3 is 0 Å². The first-order valence-corrected chi connectivity index (χ1v) is 7.83. The minimum absolute atomic E-state index is 0.110. The third kappa shape index (κ3) is 3.18. The van der Waals surface area contributed by atoms with Gasteiger partial charge in [0.2, 0.25) is 18.2 Å². The molecule has 3 amide bonds. The number of amides is 3. The quantitative estimate of drug-likeness (QED) is 0.601. The van der Waals surface area contributed by atoms with Gasteiger partial charge in [0.15, 0.2) is 0 Å². The van der Waals surface area contributed by atoms with Crippen LogP contribution in [0.3, 0.4) is 0 Å². The van der Waals surface area contributed by atoms with Gasteiger partial charge in [0.1, 0.15) is 5.41 Å². The topological polar surface area (TPSA) is 82.6 Å². The maximum Gasteiger partial charge on any atom is 0.238 e. The average Bonchev–Trinajstić information content (AvgIpc) is 3.42. The molecule has 1 saturated carbocycles. The van der Waals surface area contributed by atoms with Crippen molar-refractivity contribution in [2.75, 3.05) is 26.2 Å². The predicted molar refractivity (Wildman–Crippen MR) is 82.0 cm³/mol. The van der Waals surface area contributed by atoms with E-state index in [4.69, 9.17) is 0 Å². The Balaban J connectivity index is 1.57. The molecule has 2 aliphatic rings. The maximum absolute atomic E-state index is 12.7. The van der Waals surface area contributed by atoms with E-state index in [1.54, 1.807) is 16.0 Å². The molecule has 1 aromatic heterocycles. The summed E-state index contributed by atoms with van der Waals surface area (Å²) in [6, 6.07) is 5.51. The molecule has 0 unspecified atom stereocenters. The molecule has 1 saturated heterocycles. The number of carbonyl (C=O) groups excluding carboxylic acids is 3. The molecule has 7 heteroatoms. The number of hydrogen-bond donors (Lipinski definition) is 1. The smallest absolute Gasteiger partial charge is 0.238 e. The van der Waals surface area contributed by atoms with Crippen molar-refractivity contribution in [3.63, 3.8) is 0 Å². The van der Waals surface area contributed by atoms with Crippen LogP contribution in [-0.2, 0) is 20.9 Å². The van der Waals surface area contributed by atoms with E-state index in [0.717, 1.165) is 12.1 Å². The minimum Gasteiger partial charge on any atom is -0.350 e. The molecule has 0 radical (unpaired) electrons. The van der Waals surface area contributed by atoms with E-state index < -0.39 is 5.41 Å². The van der Waals surface area contributed by atoms with Crippen molar-refractivity contribution in [2.45, 2.75) is 19.4 Å². The molecule has 2 fully saturated rings. The Labute approximate surface area is 134 Å². The van der Waals surface area contributed by atoms with Gasteiger partial charge in [0.25, 0.3) is 0 Å². The standard InChI is InChI=1S/C16H20N4O3/c21-12-19-7-9-20(10-8-19)15(23)16(4-5-16)14(22)18-11-13-3-1-2-6-17-13/h1-3,6,12H,4-5,7-11H2,(H,18,22). The molecule has 1 aliphatic carbocycles.